The Morgan fingerprint density at radius 2 is 2.00 bits per heavy atom. The Labute approximate surface area is 130 Å². The highest BCUT2D eigenvalue weighted by Crippen LogP contribution is 2.17. The van der Waals surface area contributed by atoms with Crippen LogP contribution in [0.2, 0.25) is 0 Å². The van der Waals surface area contributed by atoms with Gasteiger partial charge in [0, 0.05) is 24.9 Å². The fourth-order valence-electron chi connectivity index (χ4n) is 1.77. The number of carbonyl (C=O) groups excluding carboxylic acids is 1. The van der Waals surface area contributed by atoms with Gasteiger partial charge < -0.3 is 16.4 Å². The van der Waals surface area contributed by atoms with Crippen molar-refractivity contribution in [2.24, 2.45) is 12.8 Å². The highest BCUT2D eigenvalue weighted by molar-refractivity contribution is 7.80. The molecule has 0 saturated carbocycles. The summed E-state index contributed by atoms with van der Waals surface area (Å²) in [5.74, 6) is -0.638. The molecule has 0 bridgehead atoms. The van der Waals surface area contributed by atoms with Crippen LogP contribution in [0.15, 0.2) is 30.5 Å². The SMILES string of the molecule is Cn1ncc(NC(=S)Nc2ccc([N+](=O)[O-])cc2)c1C(N)=O. The maximum Gasteiger partial charge on any atom is 0.269 e. The molecule has 1 amide bonds. The standard InChI is InChI=1S/C12H12N6O3S/c1-17-10(11(13)19)9(6-14-17)16-12(22)15-7-2-4-8(5-3-7)18(20)21/h2-6H,1H3,(H2,13,19)(H2,15,16,22). The second kappa shape index (κ2) is 6.18. The van der Waals surface area contributed by atoms with Gasteiger partial charge in [-0.05, 0) is 24.4 Å². The summed E-state index contributed by atoms with van der Waals surface area (Å²) in [5.41, 5.74) is 6.37. The molecule has 0 atom stereocenters. The number of carbonyl (C=O) groups is 1. The first-order valence-corrected chi connectivity index (χ1v) is 6.43. The van der Waals surface area contributed by atoms with E-state index in [-0.39, 0.29) is 16.5 Å². The van der Waals surface area contributed by atoms with Crippen molar-refractivity contribution in [2.45, 2.75) is 0 Å². The predicted octanol–water partition coefficient (Wildman–Crippen LogP) is 1.24. The van der Waals surface area contributed by atoms with Crippen molar-refractivity contribution in [3.63, 3.8) is 0 Å². The molecular formula is C12H12N6O3S. The summed E-state index contributed by atoms with van der Waals surface area (Å²) in [6, 6.07) is 5.74. The van der Waals surface area contributed by atoms with Crippen molar-refractivity contribution in [1.82, 2.24) is 9.78 Å². The molecule has 9 nitrogen and oxygen atoms in total. The van der Waals surface area contributed by atoms with Gasteiger partial charge in [-0.2, -0.15) is 5.10 Å². The van der Waals surface area contributed by atoms with Crippen LogP contribution in [-0.2, 0) is 7.05 Å². The van der Waals surface area contributed by atoms with E-state index in [0.717, 1.165) is 0 Å². The van der Waals surface area contributed by atoms with Gasteiger partial charge in [0.1, 0.15) is 5.69 Å². The normalized spacial score (nSPS) is 10.0. The van der Waals surface area contributed by atoms with Gasteiger partial charge in [-0.25, -0.2) is 0 Å². The lowest BCUT2D eigenvalue weighted by Gasteiger charge is -2.10. The fourth-order valence-corrected chi connectivity index (χ4v) is 2.00. The third kappa shape index (κ3) is 3.35. The van der Waals surface area contributed by atoms with Gasteiger partial charge in [0.05, 0.1) is 16.8 Å². The number of nitrogens with zero attached hydrogens (tertiary/aromatic N) is 3. The number of aryl methyl sites for hydroxylation is 1. The summed E-state index contributed by atoms with van der Waals surface area (Å²) in [6.07, 6.45) is 1.42. The van der Waals surface area contributed by atoms with Gasteiger partial charge in [0.25, 0.3) is 11.6 Å². The Morgan fingerprint density at radius 1 is 1.36 bits per heavy atom. The summed E-state index contributed by atoms with van der Waals surface area (Å²) >= 11 is 5.11. The lowest BCUT2D eigenvalue weighted by Crippen LogP contribution is -2.23. The van der Waals surface area contributed by atoms with Gasteiger partial charge in [-0.15, -0.1) is 0 Å². The van der Waals surface area contributed by atoms with E-state index < -0.39 is 10.8 Å². The Kier molecular flexibility index (Phi) is 4.32. The number of hydrogen-bond acceptors (Lipinski definition) is 5. The minimum atomic E-state index is -0.638. The number of rotatable bonds is 4. The maximum absolute atomic E-state index is 11.3. The largest absolute Gasteiger partial charge is 0.364 e. The van der Waals surface area contributed by atoms with Gasteiger partial charge in [0.15, 0.2) is 5.11 Å². The van der Waals surface area contributed by atoms with Gasteiger partial charge >= 0.3 is 0 Å². The van der Waals surface area contributed by atoms with Gasteiger partial charge in [-0.3, -0.25) is 19.6 Å². The third-order valence-corrected chi connectivity index (χ3v) is 2.96. The smallest absolute Gasteiger partial charge is 0.269 e. The molecule has 0 aliphatic heterocycles. The van der Waals surface area contributed by atoms with Crippen LogP contribution in [0.4, 0.5) is 17.1 Å². The van der Waals surface area contributed by atoms with Crippen molar-refractivity contribution in [2.75, 3.05) is 10.6 Å². The molecule has 1 aromatic heterocycles. The number of aromatic nitrogens is 2. The van der Waals surface area contributed by atoms with Crippen LogP contribution < -0.4 is 16.4 Å². The van der Waals surface area contributed by atoms with Crippen LogP contribution in [0.1, 0.15) is 10.5 Å². The van der Waals surface area contributed by atoms with Gasteiger partial charge in [-0.1, -0.05) is 0 Å². The monoisotopic (exact) mass is 320 g/mol. The molecule has 1 aromatic carbocycles. The number of hydrogen-bond donors (Lipinski definition) is 3. The van der Waals surface area contributed by atoms with E-state index >= 15 is 0 Å². The van der Waals surface area contributed by atoms with Gasteiger partial charge in [0.2, 0.25) is 0 Å². The number of nitrogens with two attached hydrogens (primary N) is 1. The first-order chi connectivity index (χ1) is 10.4. The summed E-state index contributed by atoms with van der Waals surface area (Å²) in [4.78, 5) is 21.4. The number of nitro groups is 1. The number of primary amides is 1. The lowest BCUT2D eigenvalue weighted by molar-refractivity contribution is -0.384. The zero-order chi connectivity index (χ0) is 16.3. The molecule has 2 rings (SSSR count). The van der Waals surface area contributed by atoms with Crippen molar-refractivity contribution >= 4 is 40.3 Å². The Hall–Kier alpha value is -3.01. The molecule has 0 radical (unpaired) electrons. The number of benzene rings is 1. The summed E-state index contributed by atoms with van der Waals surface area (Å²) < 4.78 is 1.33. The van der Waals surface area contributed by atoms with Crippen LogP contribution in [0.3, 0.4) is 0 Å². The van der Waals surface area contributed by atoms with Crippen molar-refractivity contribution in [3.8, 4) is 0 Å². The molecule has 114 valence electrons. The summed E-state index contributed by atoms with van der Waals surface area (Å²) in [5, 5.41) is 20.3. The highest BCUT2D eigenvalue weighted by Gasteiger charge is 2.15. The van der Waals surface area contributed by atoms with Crippen LogP contribution in [0, 0.1) is 10.1 Å². The molecule has 0 spiro atoms. The second-order valence-corrected chi connectivity index (χ2v) is 4.69. The molecule has 0 saturated heterocycles. The Balaban J connectivity index is 2.07. The zero-order valence-corrected chi connectivity index (χ0v) is 12.3. The molecule has 4 N–H and O–H groups in total. The van der Waals surface area contributed by atoms with E-state index in [2.05, 4.69) is 15.7 Å². The van der Waals surface area contributed by atoms with E-state index in [1.54, 1.807) is 7.05 Å². The predicted molar refractivity (Wildman–Crippen MR) is 84.7 cm³/mol. The number of non-ortho nitro benzene ring substituents is 1. The van der Waals surface area contributed by atoms with Crippen molar-refractivity contribution in [3.05, 3.63) is 46.3 Å². The molecule has 0 unspecified atom stereocenters. The van der Waals surface area contributed by atoms with Crippen LogP contribution in [0.25, 0.3) is 0 Å². The van der Waals surface area contributed by atoms with Crippen LogP contribution >= 0.6 is 12.2 Å². The summed E-state index contributed by atoms with van der Waals surface area (Å²) in [6.45, 7) is 0. The Morgan fingerprint density at radius 3 is 2.55 bits per heavy atom. The maximum atomic E-state index is 11.3. The third-order valence-electron chi connectivity index (χ3n) is 2.76. The molecule has 2 aromatic rings. The first kappa shape index (κ1) is 15.4. The second-order valence-electron chi connectivity index (χ2n) is 4.28. The molecular weight excluding hydrogens is 308 g/mol. The minimum Gasteiger partial charge on any atom is -0.364 e. The Bertz CT molecular complexity index is 740. The van der Waals surface area contributed by atoms with Crippen LogP contribution in [0.5, 0.6) is 0 Å². The number of amides is 1. The molecule has 22 heavy (non-hydrogen) atoms. The molecule has 0 fully saturated rings. The first-order valence-electron chi connectivity index (χ1n) is 6.02. The quantitative estimate of drug-likeness (QED) is 0.439. The van der Waals surface area contributed by atoms with E-state index in [4.69, 9.17) is 18.0 Å². The topological polar surface area (TPSA) is 128 Å². The number of nitro benzene ring substituents is 1. The number of thiocarbonyl (C=S) groups is 1. The van der Waals surface area contributed by atoms with E-state index in [1.807, 2.05) is 0 Å². The average molecular weight is 320 g/mol. The number of nitrogens with one attached hydrogen (secondary N) is 2. The lowest BCUT2D eigenvalue weighted by atomic mass is 10.3. The molecule has 1 heterocycles. The average Bonchev–Trinajstić information content (AvgIpc) is 2.80. The number of anilines is 2. The highest BCUT2D eigenvalue weighted by atomic mass is 32.1. The van der Waals surface area contributed by atoms with Crippen molar-refractivity contribution < 1.29 is 9.72 Å². The summed E-state index contributed by atoms with van der Waals surface area (Å²) in [7, 11) is 1.58. The van der Waals surface area contributed by atoms with Crippen LogP contribution in [-0.4, -0.2) is 25.7 Å². The zero-order valence-electron chi connectivity index (χ0n) is 11.4. The molecule has 0 aliphatic carbocycles. The van der Waals surface area contributed by atoms with E-state index in [9.17, 15) is 14.9 Å². The molecule has 0 aliphatic rings. The molecule has 10 heteroatoms. The fraction of sp³-hybridized carbons (Fsp3) is 0.0833. The van der Waals surface area contributed by atoms with E-state index in [1.165, 1.54) is 35.1 Å². The minimum absolute atomic E-state index is 0.0206. The van der Waals surface area contributed by atoms with Crippen molar-refractivity contribution in [1.29, 1.82) is 0 Å². The van der Waals surface area contributed by atoms with E-state index in [0.29, 0.717) is 11.4 Å².